The third kappa shape index (κ3) is 4.38. The molecule has 2 aromatic carbocycles. The average Bonchev–Trinajstić information content (AvgIpc) is 3.43. The first-order valence-corrected chi connectivity index (χ1v) is 9.61. The molecule has 1 aliphatic carbocycles. The molecule has 142 valence electrons. The van der Waals surface area contributed by atoms with Crippen LogP contribution in [0.25, 0.3) is 0 Å². The lowest BCUT2D eigenvalue weighted by Crippen LogP contribution is -2.27. The van der Waals surface area contributed by atoms with Gasteiger partial charge in [-0.15, -0.1) is 0 Å². The van der Waals surface area contributed by atoms with Crippen LogP contribution < -0.4 is 10.6 Å². The summed E-state index contributed by atoms with van der Waals surface area (Å²) in [6, 6.07) is 14.1. The summed E-state index contributed by atoms with van der Waals surface area (Å²) in [6.45, 7) is 8.77. The van der Waals surface area contributed by atoms with E-state index in [-0.39, 0.29) is 23.7 Å². The molecule has 2 N–H and O–H groups in total. The van der Waals surface area contributed by atoms with E-state index in [0.717, 1.165) is 27.9 Å². The number of benzene rings is 2. The Balaban J connectivity index is 1.58. The standard InChI is InChI=1S/C23H28N2O2/c1-14(2)18-11-7-9-16(4)21(18)25-23(27)20-12-19(20)22(26)24-13-17-10-6-5-8-15(17)3/h5-11,14,19-20H,12-13H2,1-4H3,(H,24,26)(H,25,27). The first kappa shape index (κ1) is 19.2. The number of para-hydroxylation sites is 1. The summed E-state index contributed by atoms with van der Waals surface area (Å²) >= 11 is 0. The highest BCUT2D eigenvalue weighted by Crippen LogP contribution is 2.40. The summed E-state index contributed by atoms with van der Waals surface area (Å²) in [4.78, 5) is 25.1. The number of rotatable bonds is 6. The molecule has 0 radical (unpaired) electrons. The van der Waals surface area contributed by atoms with Gasteiger partial charge in [-0.05, 0) is 48.4 Å². The van der Waals surface area contributed by atoms with E-state index < -0.39 is 0 Å². The van der Waals surface area contributed by atoms with Crippen molar-refractivity contribution in [2.75, 3.05) is 5.32 Å². The maximum absolute atomic E-state index is 12.7. The second-order valence-electron chi connectivity index (χ2n) is 7.78. The van der Waals surface area contributed by atoms with Crippen LogP contribution in [-0.4, -0.2) is 11.8 Å². The number of anilines is 1. The predicted octanol–water partition coefficient (Wildman–Crippen LogP) is 4.32. The molecule has 0 aromatic heterocycles. The van der Waals surface area contributed by atoms with Crippen molar-refractivity contribution in [3.63, 3.8) is 0 Å². The zero-order valence-electron chi connectivity index (χ0n) is 16.5. The molecular formula is C23H28N2O2. The molecule has 0 spiro atoms. The van der Waals surface area contributed by atoms with Gasteiger partial charge in [0.05, 0.1) is 11.8 Å². The van der Waals surface area contributed by atoms with Gasteiger partial charge in [0.15, 0.2) is 0 Å². The molecule has 2 aromatic rings. The Morgan fingerprint density at radius 3 is 2.33 bits per heavy atom. The minimum Gasteiger partial charge on any atom is -0.352 e. The van der Waals surface area contributed by atoms with Gasteiger partial charge < -0.3 is 10.6 Å². The molecule has 4 nitrogen and oxygen atoms in total. The summed E-state index contributed by atoms with van der Waals surface area (Å²) < 4.78 is 0. The molecule has 2 unspecified atom stereocenters. The van der Waals surface area contributed by atoms with E-state index in [1.54, 1.807) is 0 Å². The maximum atomic E-state index is 12.7. The SMILES string of the molecule is Cc1ccccc1CNC(=O)C1CC1C(=O)Nc1c(C)cccc1C(C)C. The Labute approximate surface area is 161 Å². The van der Waals surface area contributed by atoms with E-state index in [1.165, 1.54) is 0 Å². The van der Waals surface area contributed by atoms with Crippen LogP contribution >= 0.6 is 0 Å². The van der Waals surface area contributed by atoms with Crippen molar-refractivity contribution in [3.05, 3.63) is 64.7 Å². The van der Waals surface area contributed by atoms with E-state index in [2.05, 4.69) is 24.5 Å². The van der Waals surface area contributed by atoms with Crippen LogP contribution in [0.5, 0.6) is 0 Å². The molecule has 3 rings (SSSR count). The van der Waals surface area contributed by atoms with Gasteiger partial charge in [0.1, 0.15) is 0 Å². The van der Waals surface area contributed by atoms with Crippen molar-refractivity contribution in [1.82, 2.24) is 5.32 Å². The van der Waals surface area contributed by atoms with Gasteiger partial charge in [-0.3, -0.25) is 9.59 Å². The minimum atomic E-state index is -0.235. The quantitative estimate of drug-likeness (QED) is 0.802. The fourth-order valence-corrected chi connectivity index (χ4v) is 3.45. The highest BCUT2D eigenvalue weighted by molar-refractivity contribution is 6.00. The molecule has 4 heteroatoms. The van der Waals surface area contributed by atoms with E-state index >= 15 is 0 Å². The van der Waals surface area contributed by atoms with Gasteiger partial charge in [0.25, 0.3) is 0 Å². The number of carbonyl (C=O) groups excluding carboxylic acids is 2. The largest absolute Gasteiger partial charge is 0.352 e. The highest BCUT2D eigenvalue weighted by Gasteiger charge is 2.48. The number of aryl methyl sites for hydroxylation is 2. The van der Waals surface area contributed by atoms with Crippen LogP contribution in [0, 0.1) is 25.7 Å². The van der Waals surface area contributed by atoms with Gasteiger partial charge in [0.2, 0.25) is 11.8 Å². The molecule has 2 amide bonds. The molecule has 1 saturated carbocycles. The minimum absolute atomic E-state index is 0.0349. The van der Waals surface area contributed by atoms with Crippen molar-refractivity contribution < 1.29 is 9.59 Å². The van der Waals surface area contributed by atoms with Crippen LogP contribution in [0.15, 0.2) is 42.5 Å². The lowest BCUT2D eigenvalue weighted by molar-refractivity contribution is -0.125. The first-order valence-electron chi connectivity index (χ1n) is 9.61. The number of nitrogens with one attached hydrogen (secondary N) is 2. The van der Waals surface area contributed by atoms with E-state index in [4.69, 9.17) is 0 Å². The molecule has 27 heavy (non-hydrogen) atoms. The summed E-state index contributed by atoms with van der Waals surface area (Å²) in [7, 11) is 0. The van der Waals surface area contributed by atoms with Crippen molar-refractivity contribution in [3.8, 4) is 0 Å². The summed E-state index contributed by atoms with van der Waals surface area (Å²) in [5.74, 6) is -0.218. The normalized spacial score (nSPS) is 18.3. The molecule has 0 aliphatic heterocycles. The molecular weight excluding hydrogens is 336 g/mol. The zero-order valence-corrected chi connectivity index (χ0v) is 16.5. The van der Waals surface area contributed by atoms with Crippen LogP contribution in [-0.2, 0) is 16.1 Å². The van der Waals surface area contributed by atoms with Crippen molar-refractivity contribution in [2.24, 2.45) is 11.8 Å². The Bertz CT molecular complexity index is 857. The van der Waals surface area contributed by atoms with Crippen LogP contribution in [0.4, 0.5) is 5.69 Å². The zero-order chi connectivity index (χ0) is 19.6. The number of amides is 2. The average molecular weight is 364 g/mol. The van der Waals surface area contributed by atoms with E-state index in [9.17, 15) is 9.59 Å². The molecule has 1 aliphatic rings. The Kier molecular flexibility index (Phi) is 5.64. The van der Waals surface area contributed by atoms with Crippen molar-refractivity contribution in [1.29, 1.82) is 0 Å². The topological polar surface area (TPSA) is 58.2 Å². The Hall–Kier alpha value is -2.62. The van der Waals surface area contributed by atoms with E-state index in [0.29, 0.717) is 18.9 Å². The molecule has 0 saturated heterocycles. The Morgan fingerprint density at radius 2 is 1.63 bits per heavy atom. The lowest BCUT2D eigenvalue weighted by atomic mass is 9.98. The summed E-state index contributed by atoms with van der Waals surface area (Å²) in [5, 5.41) is 6.04. The monoisotopic (exact) mass is 364 g/mol. The van der Waals surface area contributed by atoms with E-state index in [1.807, 2.05) is 56.3 Å². The number of carbonyl (C=O) groups is 2. The summed E-state index contributed by atoms with van der Waals surface area (Å²) in [5.41, 5.74) is 5.33. The van der Waals surface area contributed by atoms with Crippen LogP contribution in [0.1, 0.15) is 48.4 Å². The van der Waals surface area contributed by atoms with Gasteiger partial charge in [0, 0.05) is 12.2 Å². The van der Waals surface area contributed by atoms with Crippen LogP contribution in [0.3, 0.4) is 0 Å². The first-order chi connectivity index (χ1) is 12.9. The summed E-state index contributed by atoms with van der Waals surface area (Å²) in [6.07, 6.45) is 0.619. The molecule has 1 fully saturated rings. The molecule has 0 heterocycles. The second-order valence-corrected chi connectivity index (χ2v) is 7.78. The Morgan fingerprint density at radius 1 is 0.963 bits per heavy atom. The van der Waals surface area contributed by atoms with Gasteiger partial charge >= 0.3 is 0 Å². The highest BCUT2D eigenvalue weighted by atomic mass is 16.2. The number of hydrogen-bond acceptors (Lipinski definition) is 2. The van der Waals surface area contributed by atoms with Gasteiger partial charge in [-0.2, -0.15) is 0 Å². The third-order valence-electron chi connectivity index (χ3n) is 5.35. The van der Waals surface area contributed by atoms with Gasteiger partial charge in [-0.25, -0.2) is 0 Å². The molecule has 2 atom stereocenters. The molecule has 0 bridgehead atoms. The fraction of sp³-hybridized carbons (Fsp3) is 0.391. The number of hydrogen-bond donors (Lipinski definition) is 2. The van der Waals surface area contributed by atoms with Crippen molar-refractivity contribution >= 4 is 17.5 Å². The lowest BCUT2D eigenvalue weighted by Gasteiger charge is -2.16. The predicted molar refractivity (Wildman–Crippen MR) is 109 cm³/mol. The van der Waals surface area contributed by atoms with Crippen molar-refractivity contribution in [2.45, 2.75) is 46.6 Å². The fourth-order valence-electron chi connectivity index (χ4n) is 3.45. The van der Waals surface area contributed by atoms with Crippen LogP contribution in [0.2, 0.25) is 0 Å². The second kappa shape index (κ2) is 7.95. The maximum Gasteiger partial charge on any atom is 0.228 e. The van der Waals surface area contributed by atoms with Gasteiger partial charge in [-0.1, -0.05) is 56.3 Å². The third-order valence-corrected chi connectivity index (χ3v) is 5.35. The smallest absolute Gasteiger partial charge is 0.228 e.